The van der Waals surface area contributed by atoms with E-state index in [1.807, 2.05) is 0 Å². The van der Waals surface area contributed by atoms with Crippen LogP contribution in [0.25, 0.3) is 11.0 Å². The molecule has 1 atom stereocenters. The van der Waals surface area contributed by atoms with Gasteiger partial charge in [-0.3, -0.25) is 19.2 Å². The van der Waals surface area contributed by atoms with Crippen molar-refractivity contribution in [1.29, 1.82) is 0 Å². The van der Waals surface area contributed by atoms with Gasteiger partial charge in [0.05, 0.1) is 18.4 Å². The number of hydrogen-bond donors (Lipinski definition) is 1. The third kappa shape index (κ3) is 7.48. The van der Waals surface area contributed by atoms with Gasteiger partial charge >= 0.3 is 5.97 Å². The quantitative estimate of drug-likeness (QED) is 0.197. The van der Waals surface area contributed by atoms with Crippen LogP contribution in [-0.2, 0) is 19.1 Å². The molecule has 43 heavy (non-hydrogen) atoms. The molecular formula is C29H29F4N3O7. The lowest BCUT2D eigenvalue weighted by Crippen LogP contribution is -2.49. The van der Waals surface area contributed by atoms with E-state index < -0.39 is 71.7 Å². The molecule has 1 fully saturated rings. The second-order valence-corrected chi connectivity index (χ2v) is 10.5. The van der Waals surface area contributed by atoms with Crippen LogP contribution in [0.1, 0.15) is 43.6 Å². The Morgan fingerprint density at radius 2 is 1.70 bits per heavy atom. The van der Waals surface area contributed by atoms with E-state index in [9.17, 15) is 36.7 Å². The topological polar surface area (TPSA) is 128 Å². The Balaban J connectivity index is 1.40. The summed E-state index contributed by atoms with van der Waals surface area (Å²) in [6.07, 6.45) is -0.178. The van der Waals surface area contributed by atoms with Crippen molar-refractivity contribution < 1.29 is 50.7 Å². The number of piperidine rings is 1. The third-order valence-electron chi connectivity index (χ3n) is 6.82. The van der Waals surface area contributed by atoms with Crippen molar-refractivity contribution in [1.82, 2.24) is 15.4 Å². The fourth-order valence-corrected chi connectivity index (χ4v) is 4.48. The molecule has 0 spiro atoms. The summed E-state index contributed by atoms with van der Waals surface area (Å²) in [4.78, 5) is 53.0. The van der Waals surface area contributed by atoms with Crippen LogP contribution in [0.3, 0.4) is 0 Å². The maximum Gasteiger partial charge on any atom is 0.308 e. The van der Waals surface area contributed by atoms with E-state index >= 15 is 0 Å². The van der Waals surface area contributed by atoms with Crippen LogP contribution >= 0.6 is 0 Å². The molecule has 2 heterocycles. The lowest BCUT2D eigenvalue weighted by Gasteiger charge is -2.31. The van der Waals surface area contributed by atoms with E-state index in [1.54, 1.807) is 38.1 Å². The molecule has 2 amide bonds. The van der Waals surface area contributed by atoms with Crippen LogP contribution in [0.2, 0.25) is 0 Å². The number of nitrogens with one attached hydrogen (secondary N) is 1. The number of benzene rings is 2. The molecule has 1 saturated heterocycles. The first-order valence-electron chi connectivity index (χ1n) is 13.5. The lowest BCUT2D eigenvalue weighted by molar-refractivity contribution is -0.147. The fourth-order valence-electron chi connectivity index (χ4n) is 4.48. The molecule has 1 aliphatic heterocycles. The number of amides is 2. The molecule has 1 aliphatic rings. The number of fused-ring (bicyclic) bond motifs is 1. The average Bonchev–Trinajstić information content (AvgIpc) is 3.42. The number of carbonyl (C=O) groups excluding carboxylic acids is 4. The highest BCUT2D eigenvalue weighted by atomic mass is 19.2. The normalized spacial score (nSPS) is 14.5. The number of aromatic nitrogens is 1. The predicted octanol–water partition coefficient (Wildman–Crippen LogP) is 3.96. The van der Waals surface area contributed by atoms with Gasteiger partial charge in [-0.05, 0) is 30.9 Å². The molecule has 4 rings (SSSR count). The van der Waals surface area contributed by atoms with Crippen LogP contribution in [0, 0.1) is 35.1 Å². The Bertz CT molecular complexity index is 1490. The molecule has 0 unspecified atom stereocenters. The zero-order valence-corrected chi connectivity index (χ0v) is 23.3. The van der Waals surface area contributed by atoms with Crippen molar-refractivity contribution in [2.45, 2.75) is 39.2 Å². The number of esters is 1. The van der Waals surface area contributed by atoms with Crippen LogP contribution in [0.15, 0.2) is 34.9 Å². The Morgan fingerprint density at radius 1 is 1.05 bits per heavy atom. The van der Waals surface area contributed by atoms with Crippen LogP contribution in [0.4, 0.5) is 17.6 Å². The lowest BCUT2D eigenvalue weighted by atomic mass is 9.94. The molecule has 2 aromatic carbocycles. The SMILES string of the molecule is CC(C)COC(=O)C[C@H](NC(=O)C1CCN(C(=O)c2noc3ccccc23)CC1)C(=O)COc1c(F)c(F)cc(F)c1F. The van der Waals surface area contributed by atoms with Gasteiger partial charge in [0, 0.05) is 25.1 Å². The molecule has 230 valence electrons. The van der Waals surface area contributed by atoms with Crippen molar-refractivity contribution in [3.8, 4) is 5.75 Å². The van der Waals surface area contributed by atoms with E-state index in [0.717, 1.165) is 0 Å². The first-order chi connectivity index (χ1) is 20.5. The van der Waals surface area contributed by atoms with Gasteiger partial charge in [-0.15, -0.1) is 0 Å². The van der Waals surface area contributed by atoms with Crippen LogP contribution in [0.5, 0.6) is 5.75 Å². The summed E-state index contributed by atoms with van der Waals surface area (Å²) >= 11 is 0. The minimum Gasteiger partial charge on any atom is -0.479 e. The molecule has 0 aliphatic carbocycles. The van der Waals surface area contributed by atoms with Gasteiger partial charge in [0.15, 0.2) is 34.4 Å². The molecule has 14 heteroatoms. The Hall–Kier alpha value is -4.49. The van der Waals surface area contributed by atoms with Gasteiger partial charge in [0.2, 0.25) is 17.5 Å². The van der Waals surface area contributed by atoms with Gasteiger partial charge < -0.3 is 24.2 Å². The van der Waals surface area contributed by atoms with Gasteiger partial charge in [0.1, 0.15) is 12.6 Å². The minimum absolute atomic E-state index is 0.0140. The first-order valence-corrected chi connectivity index (χ1v) is 13.5. The Morgan fingerprint density at radius 3 is 2.35 bits per heavy atom. The number of Topliss-reactive ketones (excluding diaryl/α,β-unsaturated/α-hetero) is 1. The van der Waals surface area contributed by atoms with Crippen molar-refractivity contribution in [2.75, 3.05) is 26.3 Å². The molecular weight excluding hydrogens is 578 g/mol. The number of hydrogen-bond acceptors (Lipinski definition) is 8. The summed E-state index contributed by atoms with van der Waals surface area (Å²) in [7, 11) is 0. The highest BCUT2D eigenvalue weighted by Crippen LogP contribution is 2.27. The van der Waals surface area contributed by atoms with E-state index in [0.29, 0.717) is 11.0 Å². The second kappa shape index (κ2) is 13.7. The molecule has 1 N–H and O–H groups in total. The number of likely N-dealkylation sites (tertiary alicyclic amines) is 1. The minimum atomic E-state index is -1.84. The van der Waals surface area contributed by atoms with Gasteiger partial charge in [-0.1, -0.05) is 31.1 Å². The first kappa shape index (κ1) is 31.4. The standard InChI is InChI=1S/C29H29F4N3O7/c1-15(2)13-41-23(38)12-20(21(37)14-42-27-24(32)18(30)11-19(31)25(27)33)34-28(39)16-7-9-36(10-8-16)29(40)26-17-5-3-4-6-22(17)43-35-26/h3-6,11,15-16,20H,7-10,12-14H2,1-2H3,(H,34,39)/t20-/m0/s1. The van der Waals surface area contributed by atoms with Crippen molar-refractivity contribution in [2.24, 2.45) is 11.8 Å². The predicted molar refractivity (Wildman–Crippen MR) is 142 cm³/mol. The van der Waals surface area contributed by atoms with Crippen molar-refractivity contribution >= 4 is 34.5 Å². The Kier molecular flexibility index (Phi) is 9.99. The summed E-state index contributed by atoms with van der Waals surface area (Å²) in [6.45, 7) is 2.89. The molecule has 10 nitrogen and oxygen atoms in total. The van der Waals surface area contributed by atoms with E-state index in [1.165, 1.54) is 4.90 Å². The van der Waals surface area contributed by atoms with Crippen LogP contribution < -0.4 is 10.1 Å². The summed E-state index contributed by atoms with van der Waals surface area (Å²) in [6, 6.07) is 5.34. The van der Waals surface area contributed by atoms with Crippen molar-refractivity contribution in [3.05, 3.63) is 59.3 Å². The smallest absolute Gasteiger partial charge is 0.308 e. The van der Waals surface area contributed by atoms with Crippen molar-refractivity contribution in [3.63, 3.8) is 0 Å². The highest BCUT2D eigenvalue weighted by molar-refractivity contribution is 6.04. The van der Waals surface area contributed by atoms with Crippen LogP contribution in [-0.4, -0.2) is 66.0 Å². The second-order valence-electron chi connectivity index (χ2n) is 10.5. The Labute approximate surface area is 243 Å². The zero-order chi connectivity index (χ0) is 31.3. The number of halogens is 4. The monoisotopic (exact) mass is 607 g/mol. The van der Waals surface area contributed by atoms with E-state index in [-0.39, 0.29) is 56.1 Å². The molecule has 0 saturated carbocycles. The third-order valence-corrected chi connectivity index (χ3v) is 6.82. The molecule has 1 aromatic heterocycles. The summed E-state index contributed by atoms with van der Waals surface area (Å²) in [5, 5.41) is 6.88. The molecule has 0 radical (unpaired) electrons. The van der Waals surface area contributed by atoms with Gasteiger partial charge in [0.25, 0.3) is 5.91 Å². The van der Waals surface area contributed by atoms with E-state index in [4.69, 9.17) is 14.0 Å². The molecule has 3 aromatic rings. The van der Waals surface area contributed by atoms with Gasteiger partial charge in [-0.25, -0.2) is 8.78 Å². The summed E-state index contributed by atoms with van der Waals surface area (Å²) in [5.41, 5.74) is 0.606. The number of carbonyl (C=O) groups is 4. The number of para-hydroxylation sites is 1. The maximum absolute atomic E-state index is 14.0. The average molecular weight is 608 g/mol. The zero-order valence-electron chi connectivity index (χ0n) is 23.3. The number of nitrogens with zero attached hydrogens (tertiary/aromatic N) is 2. The molecule has 0 bridgehead atoms. The highest BCUT2D eigenvalue weighted by Gasteiger charge is 2.33. The number of rotatable bonds is 11. The van der Waals surface area contributed by atoms with Gasteiger partial charge in [-0.2, -0.15) is 8.78 Å². The summed E-state index contributed by atoms with van der Waals surface area (Å²) < 4.78 is 70.1. The van der Waals surface area contributed by atoms with E-state index in [2.05, 4.69) is 10.5 Å². The number of ether oxygens (including phenoxy) is 2. The maximum atomic E-state index is 14.0. The fraction of sp³-hybridized carbons (Fsp3) is 0.414. The number of ketones is 1. The largest absolute Gasteiger partial charge is 0.479 e. The summed E-state index contributed by atoms with van der Waals surface area (Å²) in [5.74, 6) is -12.1.